The molecule has 1 aromatic carbocycles. The number of halogens is 1. The van der Waals surface area contributed by atoms with E-state index in [1.54, 1.807) is 38.3 Å². The Morgan fingerprint density at radius 2 is 2.07 bits per heavy atom. The van der Waals surface area contributed by atoms with Crippen LogP contribution in [0.1, 0.15) is 5.69 Å². The van der Waals surface area contributed by atoms with Gasteiger partial charge in [-0.25, -0.2) is 0 Å². The second-order valence-corrected chi connectivity index (χ2v) is 3.75. The lowest BCUT2D eigenvalue weighted by molar-refractivity contribution is -0.584. The van der Waals surface area contributed by atoms with E-state index in [9.17, 15) is 5.21 Å². The fourth-order valence-electron chi connectivity index (χ4n) is 1.57. The Bertz CT molecular complexity index is 525. The summed E-state index contributed by atoms with van der Waals surface area (Å²) in [5.41, 5.74) is 1.16. The Morgan fingerprint density at radius 1 is 1.33 bits per heavy atom. The number of hydrogen-bond acceptors (Lipinski definition) is 2. The van der Waals surface area contributed by atoms with Crippen LogP contribution in [-0.4, -0.2) is 7.11 Å². The summed E-state index contributed by atoms with van der Waals surface area (Å²) in [4.78, 5) is 0. The van der Waals surface area contributed by atoms with E-state index < -0.39 is 0 Å². The third-order valence-electron chi connectivity index (χ3n) is 2.32. The van der Waals surface area contributed by atoms with Crippen LogP contribution in [-0.2, 0) is 0 Å². The van der Waals surface area contributed by atoms with E-state index in [0.29, 0.717) is 22.0 Å². The minimum absolute atomic E-state index is 0.566. The first-order valence-corrected chi connectivity index (χ1v) is 4.87. The maximum Gasteiger partial charge on any atom is 0.227 e. The number of methoxy groups -OCH3 is 1. The molecule has 0 aliphatic heterocycles. The summed E-state index contributed by atoms with van der Waals surface area (Å²) in [6.07, 6.45) is 0. The fourth-order valence-corrected chi connectivity index (χ4v) is 1.74. The molecule has 0 fully saturated rings. The van der Waals surface area contributed by atoms with Crippen LogP contribution < -0.4 is 9.47 Å². The van der Waals surface area contributed by atoms with Gasteiger partial charge in [0.2, 0.25) is 5.52 Å². The Balaban J connectivity index is 2.90. The maximum absolute atomic E-state index is 11.7. The molecule has 78 valence electrons. The zero-order valence-corrected chi connectivity index (χ0v) is 9.21. The van der Waals surface area contributed by atoms with E-state index in [0.717, 1.165) is 10.1 Å². The number of aromatic nitrogens is 1. The number of hydrogen-bond donors (Lipinski definition) is 0. The highest BCUT2D eigenvalue weighted by atomic mass is 35.5. The second-order valence-electron chi connectivity index (χ2n) is 3.31. The molecule has 0 atom stereocenters. The van der Waals surface area contributed by atoms with E-state index in [1.165, 1.54) is 0 Å². The molecule has 0 N–H and O–H groups in total. The zero-order chi connectivity index (χ0) is 11.0. The van der Waals surface area contributed by atoms with Gasteiger partial charge in [-0.05, 0) is 12.1 Å². The van der Waals surface area contributed by atoms with Crippen molar-refractivity contribution in [2.24, 2.45) is 0 Å². The van der Waals surface area contributed by atoms with E-state index in [4.69, 9.17) is 16.3 Å². The van der Waals surface area contributed by atoms with Crippen molar-refractivity contribution in [2.45, 2.75) is 6.92 Å². The predicted octanol–water partition coefficient (Wildman–Crippen LogP) is 2.44. The average Bonchev–Trinajstić information content (AvgIpc) is 2.23. The lowest BCUT2D eigenvalue weighted by Crippen LogP contribution is -2.30. The zero-order valence-electron chi connectivity index (χ0n) is 8.45. The molecule has 0 saturated carbocycles. The molecule has 0 amide bonds. The molecule has 0 bridgehead atoms. The van der Waals surface area contributed by atoms with E-state index >= 15 is 0 Å². The van der Waals surface area contributed by atoms with Crippen LogP contribution in [0.3, 0.4) is 0 Å². The van der Waals surface area contributed by atoms with E-state index in [2.05, 4.69) is 0 Å². The Kier molecular flexibility index (Phi) is 2.40. The minimum atomic E-state index is 0.566. The molecular formula is C11H10ClNO2. The molecule has 0 radical (unpaired) electrons. The summed E-state index contributed by atoms with van der Waals surface area (Å²) in [6, 6.07) is 6.81. The fraction of sp³-hybridized carbons (Fsp3) is 0.182. The van der Waals surface area contributed by atoms with Crippen molar-refractivity contribution in [1.29, 1.82) is 0 Å². The van der Waals surface area contributed by atoms with Crippen molar-refractivity contribution in [3.63, 3.8) is 0 Å². The molecule has 1 aromatic heterocycles. The first kappa shape index (κ1) is 10.1. The number of benzene rings is 1. The molecule has 0 unspecified atom stereocenters. The first-order valence-electron chi connectivity index (χ1n) is 4.50. The molecule has 1 heterocycles. The van der Waals surface area contributed by atoms with Crippen LogP contribution in [0.4, 0.5) is 0 Å². The van der Waals surface area contributed by atoms with E-state index in [1.807, 2.05) is 0 Å². The molecule has 4 heteroatoms. The SMILES string of the molecule is COc1cc(C)[n+]([O-])c2ccc(Cl)cc12. The number of fused-ring (bicyclic) bond motifs is 1. The second kappa shape index (κ2) is 3.59. The molecule has 15 heavy (non-hydrogen) atoms. The smallest absolute Gasteiger partial charge is 0.227 e. The van der Waals surface area contributed by atoms with E-state index in [-0.39, 0.29) is 0 Å². The minimum Gasteiger partial charge on any atom is -0.618 e. The van der Waals surface area contributed by atoms with Gasteiger partial charge in [-0.3, -0.25) is 0 Å². The van der Waals surface area contributed by atoms with Gasteiger partial charge in [-0.15, -0.1) is 0 Å². The maximum atomic E-state index is 11.7. The van der Waals surface area contributed by atoms with Gasteiger partial charge < -0.3 is 9.94 Å². The third kappa shape index (κ3) is 1.59. The van der Waals surface area contributed by atoms with Gasteiger partial charge in [0.15, 0.2) is 5.69 Å². The summed E-state index contributed by atoms with van der Waals surface area (Å²) in [5, 5.41) is 13.0. The summed E-state index contributed by atoms with van der Waals surface area (Å²) < 4.78 is 6.08. The Labute approximate surface area is 92.4 Å². The summed E-state index contributed by atoms with van der Waals surface area (Å²) >= 11 is 5.87. The largest absolute Gasteiger partial charge is 0.618 e. The third-order valence-corrected chi connectivity index (χ3v) is 2.56. The topological polar surface area (TPSA) is 36.2 Å². The summed E-state index contributed by atoms with van der Waals surface area (Å²) in [6.45, 7) is 1.74. The molecular weight excluding hydrogens is 214 g/mol. The van der Waals surface area contributed by atoms with Gasteiger partial charge in [0, 0.05) is 24.1 Å². The highest BCUT2D eigenvalue weighted by molar-refractivity contribution is 6.31. The van der Waals surface area contributed by atoms with Crippen LogP contribution in [0.15, 0.2) is 24.3 Å². The monoisotopic (exact) mass is 223 g/mol. The lowest BCUT2D eigenvalue weighted by atomic mass is 10.2. The molecule has 3 nitrogen and oxygen atoms in total. The van der Waals surface area contributed by atoms with Crippen LogP contribution in [0, 0.1) is 12.1 Å². The molecule has 0 saturated heterocycles. The predicted molar refractivity (Wildman–Crippen MR) is 59.2 cm³/mol. The number of rotatable bonds is 1. The van der Waals surface area contributed by atoms with Crippen LogP contribution >= 0.6 is 11.6 Å². The Morgan fingerprint density at radius 3 is 2.73 bits per heavy atom. The van der Waals surface area contributed by atoms with Gasteiger partial charge in [0.05, 0.1) is 12.5 Å². The van der Waals surface area contributed by atoms with Crippen molar-refractivity contribution < 1.29 is 9.47 Å². The van der Waals surface area contributed by atoms with Gasteiger partial charge in [-0.2, -0.15) is 4.73 Å². The molecule has 0 aliphatic rings. The molecule has 2 rings (SSSR count). The highest BCUT2D eigenvalue weighted by Gasteiger charge is 2.13. The quantitative estimate of drug-likeness (QED) is 0.550. The van der Waals surface area contributed by atoms with Crippen molar-refractivity contribution in [2.75, 3.05) is 7.11 Å². The van der Waals surface area contributed by atoms with Gasteiger partial charge in [0.25, 0.3) is 0 Å². The van der Waals surface area contributed by atoms with Gasteiger partial charge >= 0.3 is 0 Å². The number of pyridine rings is 1. The number of ether oxygens (including phenoxy) is 1. The van der Waals surface area contributed by atoms with Crippen LogP contribution in [0.25, 0.3) is 10.9 Å². The van der Waals surface area contributed by atoms with Crippen molar-refractivity contribution >= 4 is 22.5 Å². The lowest BCUT2D eigenvalue weighted by Gasteiger charge is -2.08. The molecule has 2 aromatic rings. The summed E-state index contributed by atoms with van der Waals surface area (Å²) in [5.74, 6) is 0.664. The van der Waals surface area contributed by atoms with Crippen molar-refractivity contribution in [3.8, 4) is 5.75 Å². The molecule has 0 aliphatic carbocycles. The van der Waals surface area contributed by atoms with Gasteiger partial charge in [0.1, 0.15) is 5.75 Å². The first-order chi connectivity index (χ1) is 7.13. The van der Waals surface area contributed by atoms with Gasteiger partial charge in [-0.1, -0.05) is 11.6 Å². The van der Waals surface area contributed by atoms with Crippen LogP contribution in [0.2, 0.25) is 5.02 Å². The summed E-state index contributed by atoms with van der Waals surface area (Å²) in [7, 11) is 1.57. The molecule has 0 spiro atoms. The van der Waals surface area contributed by atoms with Crippen LogP contribution in [0.5, 0.6) is 5.75 Å². The average molecular weight is 224 g/mol. The normalized spacial score (nSPS) is 10.6. The van der Waals surface area contributed by atoms with Crippen molar-refractivity contribution in [3.05, 3.63) is 40.2 Å². The standard InChI is InChI=1S/C11H10ClNO2/c1-7-5-11(15-2)9-6-8(12)3-4-10(9)13(7)14/h3-6H,1-2H3. The Hall–Kier alpha value is -1.48. The van der Waals surface area contributed by atoms with Crippen molar-refractivity contribution in [1.82, 2.24) is 0 Å². The number of nitrogens with zero attached hydrogens (tertiary/aromatic N) is 1. The highest BCUT2D eigenvalue weighted by Crippen LogP contribution is 2.26. The number of aryl methyl sites for hydroxylation is 1.